The molecule has 2 aromatic carbocycles. The highest BCUT2D eigenvalue weighted by atomic mass is 127. The van der Waals surface area contributed by atoms with E-state index in [1.165, 1.54) is 10.9 Å². The zero-order valence-electron chi connectivity index (χ0n) is 17.1. The van der Waals surface area contributed by atoms with E-state index >= 15 is 0 Å². The van der Waals surface area contributed by atoms with E-state index in [1.54, 1.807) is 24.3 Å². The van der Waals surface area contributed by atoms with Gasteiger partial charge in [-0.3, -0.25) is 4.99 Å². The number of hydrogen-bond acceptors (Lipinski definition) is 3. The third-order valence-corrected chi connectivity index (χ3v) is 6.47. The summed E-state index contributed by atoms with van der Waals surface area (Å²) in [6.45, 7) is 3.96. The van der Waals surface area contributed by atoms with Crippen molar-refractivity contribution < 1.29 is 8.42 Å². The number of hydrogen-bond donors (Lipinski definition) is 3. The molecule has 0 aliphatic carbocycles. The zero-order valence-corrected chi connectivity index (χ0v) is 20.2. The molecule has 1 heterocycles. The van der Waals surface area contributed by atoms with E-state index in [0.717, 1.165) is 25.0 Å². The largest absolute Gasteiger partial charge is 0.361 e. The van der Waals surface area contributed by atoms with Crippen LogP contribution in [0.2, 0.25) is 0 Å². The Hall–Kier alpha value is -2.07. The minimum Gasteiger partial charge on any atom is -0.361 e. The van der Waals surface area contributed by atoms with Gasteiger partial charge >= 0.3 is 0 Å². The molecule has 162 valence electrons. The molecule has 8 heteroatoms. The number of halogens is 1. The number of aromatic amines is 1. The van der Waals surface area contributed by atoms with Crippen LogP contribution in [0.25, 0.3) is 10.9 Å². The number of guanidine groups is 1. The molecule has 0 aliphatic rings. The summed E-state index contributed by atoms with van der Waals surface area (Å²) >= 11 is 0. The molecule has 0 saturated heterocycles. The molecule has 0 fully saturated rings. The van der Waals surface area contributed by atoms with E-state index in [-0.39, 0.29) is 29.7 Å². The topological polar surface area (TPSA) is 86.3 Å². The van der Waals surface area contributed by atoms with E-state index in [2.05, 4.69) is 32.7 Å². The summed E-state index contributed by atoms with van der Waals surface area (Å²) in [5, 5.41) is 7.78. The Morgan fingerprint density at radius 3 is 2.53 bits per heavy atom. The van der Waals surface area contributed by atoms with Crippen molar-refractivity contribution in [1.29, 1.82) is 0 Å². The molecule has 0 atom stereocenters. The summed E-state index contributed by atoms with van der Waals surface area (Å²) in [6, 6.07) is 16.8. The van der Waals surface area contributed by atoms with Crippen LogP contribution in [0, 0.1) is 0 Å². The van der Waals surface area contributed by atoms with Crippen molar-refractivity contribution in [2.45, 2.75) is 24.7 Å². The highest BCUT2D eigenvalue weighted by molar-refractivity contribution is 14.0. The van der Waals surface area contributed by atoms with Crippen LogP contribution in [0.4, 0.5) is 0 Å². The second-order valence-corrected chi connectivity index (χ2v) is 8.89. The van der Waals surface area contributed by atoms with Gasteiger partial charge in [0, 0.05) is 36.7 Å². The first-order valence-corrected chi connectivity index (χ1v) is 11.6. The summed E-state index contributed by atoms with van der Waals surface area (Å²) in [7, 11) is -3.25. The first-order chi connectivity index (χ1) is 14.1. The molecule has 0 aliphatic heterocycles. The van der Waals surface area contributed by atoms with Gasteiger partial charge in [-0.05, 0) is 43.5 Å². The van der Waals surface area contributed by atoms with Crippen molar-refractivity contribution in [2.24, 2.45) is 4.99 Å². The highest BCUT2D eigenvalue weighted by Gasteiger charge is 2.13. The Bertz CT molecular complexity index is 1050. The number of sulfone groups is 1. The van der Waals surface area contributed by atoms with Crippen molar-refractivity contribution >= 4 is 50.7 Å². The molecular formula is C22H29IN4O2S. The van der Waals surface area contributed by atoms with Gasteiger partial charge in [0.2, 0.25) is 0 Å². The van der Waals surface area contributed by atoms with E-state index < -0.39 is 9.84 Å². The lowest BCUT2D eigenvalue weighted by Crippen LogP contribution is -2.38. The third-order valence-electron chi connectivity index (χ3n) is 4.65. The molecule has 0 spiro atoms. The van der Waals surface area contributed by atoms with Crippen molar-refractivity contribution in [1.82, 2.24) is 15.6 Å². The standard InChI is InChI=1S/C22H28N4O2S.HI/c1-2-23-22(24-14-8-16-29(27,28)19-9-4-3-5-10-19)25-15-13-18-17-26-21-12-7-6-11-20(18)21;/h3-7,9-12,17,26H,2,8,13-16H2,1H3,(H2,23,24,25);1H. The van der Waals surface area contributed by atoms with Crippen molar-refractivity contribution in [3.05, 3.63) is 66.4 Å². The van der Waals surface area contributed by atoms with Crippen LogP contribution in [-0.4, -0.2) is 44.7 Å². The molecule has 0 radical (unpaired) electrons. The predicted octanol–water partition coefficient (Wildman–Crippen LogP) is 3.75. The van der Waals surface area contributed by atoms with E-state index in [4.69, 9.17) is 0 Å². The Balaban J connectivity index is 0.00000320. The molecule has 6 nitrogen and oxygen atoms in total. The Labute approximate surface area is 195 Å². The smallest absolute Gasteiger partial charge is 0.191 e. The van der Waals surface area contributed by atoms with E-state index in [0.29, 0.717) is 23.8 Å². The molecule has 3 aromatic rings. The fourth-order valence-electron chi connectivity index (χ4n) is 3.19. The van der Waals surface area contributed by atoms with Gasteiger partial charge in [-0.25, -0.2) is 8.42 Å². The number of nitrogens with zero attached hydrogens (tertiary/aromatic N) is 1. The molecule has 1 aromatic heterocycles. The van der Waals surface area contributed by atoms with Crippen LogP contribution in [0.5, 0.6) is 0 Å². The summed E-state index contributed by atoms with van der Waals surface area (Å²) in [5.41, 5.74) is 2.40. The number of para-hydroxylation sites is 1. The predicted molar refractivity (Wildman–Crippen MR) is 135 cm³/mol. The number of aromatic nitrogens is 1. The number of rotatable bonds is 9. The molecule has 3 N–H and O–H groups in total. The van der Waals surface area contributed by atoms with Crippen LogP contribution >= 0.6 is 24.0 Å². The lowest BCUT2D eigenvalue weighted by atomic mass is 10.1. The Morgan fingerprint density at radius 1 is 1.03 bits per heavy atom. The van der Waals surface area contributed by atoms with Gasteiger partial charge in [0.05, 0.1) is 10.6 Å². The number of benzene rings is 2. The number of H-pyrrole nitrogens is 1. The molecular weight excluding hydrogens is 511 g/mol. The molecule has 3 rings (SSSR count). The molecule has 0 saturated carbocycles. The molecule has 0 bridgehead atoms. The maximum Gasteiger partial charge on any atom is 0.191 e. The van der Waals surface area contributed by atoms with Crippen molar-refractivity contribution in [3.8, 4) is 0 Å². The molecule has 0 amide bonds. The van der Waals surface area contributed by atoms with Gasteiger partial charge < -0.3 is 15.6 Å². The number of nitrogens with one attached hydrogen (secondary N) is 3. The van der Waals surface area contributed by atoms with Crippen LogP contribution in [0.3, 0.4) is 0 Å². The van der Waals surface area contributed by atoms with Crippen LogP contribution in [0.1, 0.15) is 18.9 Å². The van der Waals surface area contributed by atoms with Gasteiger partial charge in [-0.2, -0.15) is 0 Å². The summed E-state index contributed by atoms with van der Waals surface area (Å²) < 4.78 is 24.7. The summed E-state index contributed by atoms with van der Waals surface area (Å²) in [4.78, 5) is 8.17. The monoisotopic (exact) mass is 540 g/mol. The molecule has 0 unspecified atom stereocenters. The normalized spacial score (nSPS) is 11.8. The molecule has 30 heavy (non-hydrogen) atoms. The first kappa shape index (κ1) is 24.2. The SMILES string of the molecule is CCNC(=NCCCS(=O)(=O)c1ccccc1)NCCc1c[nH]c2ccccc12.I. The fourth-order valence-corrected chi connectivity index (χ4v) is 4.50. The second kappa shape index (κ2) is 11.9. The first-order valence-electron chi connectivity index (χ1n) is 9.95. The van der Waals surface area contributed by atoms with E-state index in [9.17, 15) is 8.42 Å². The van der Waals surface area contributed by atoms with E-state index in [1.807, 2.05) is 31.3 Å². The second-order valence-electron chi connectivity index (χ2n) is 6.78. The fraction of sp³-hybridized carbons (Fsp3) is 0.318. The average Bonchev–Trinajstić information content (AvgIpc) is 3.15. The maximum absolute atomic E-state index is 12.3. The maximum atomic E-state index is 12.3. The zero-order chi connectivity index (χ0) is 20.5. The van der Waals surface area contributed by atoms with Crippen LogP contribution < -0.4 is 10.6 Å². The van der Waals surface area contributed by atoms with Gasteiger partial charge in [-0.1, -0.05) is 36.4 Å². The minimum absolute atomic E-state index is 0. The highest BCUT2D eigenvalue weighted by Crippen LogP contribution is 2.17. The minimum atomic E-state index is -3.25. The van der Waals surface area contributed by atoms with Crippen molar-refractivity contribution in [2.75, 3.05) is 25.4 Å². The van der Waals surface area contributed by atoms with Gasteiger partial charge in [-0.15, -0.1) is 24.0 Å². The lowest BCUT2D eigenvalue weighted by Gasteiger charge is -2.11. The number of fused-ring (bicyclic) bond motifs is 1. The van der Waals surface area contributed by atoms with Gasteiger partial charge in [0.1, 0.15) is 0 Å². The summed E-state index contributed by atoms with van der Waals surface area (Å²) in [6.07, 6.45) is 3.40. The lowest BCUT2D eigenvalue weighted by molar-refractivity contribution is 0.593. The van der Waals surface area contributed by atoms with Gasteiger partial charge in [0.15, 0.2) is 15.8 Å². The number of aliphatic imine (C=N–C) groups is 1. The van der Waals surface area contributed by atoms with Crippen LogP contribution in [0.15, 0.2) is 70.7 Å². The van der Waals surface area contributed by atoms with Gasteiger partial charge in [0.25, 0.3) is 0 Å². The summed E-state index contributed by atoms with van der Waals surface area (Å²) in [5.74, 6) is 0.805. The van der Waals surface area contributed by atoms with Crippen molar-refractivity contribution in [3.63, 3.8) is 0 Å². The Morgan fingerprint density at radius 2 is 1.77 bits per heavy atom. The quantitative estimate of drug-likeness (QED) is 0.167. The Kier molecular flexibility index (Phi) is 9.64. The van der Waals surface area contributed by atoms with Crippen LogP contribution in [-0.2, 0) is 16.3 Å². The third kappa shape index (κ3) is 6.73. The average molecular weight is 540 g/mol.